The third-order valence-corrected chi connectivity index (χ3v) is 4.44. The van der Waals surface area contributed by atoms with Crippen LogP contribution in [0.1, 0.15) is 37.4 Å². The van der Waals surface area contributed by atoms with Gasteiger partial charge in [-0.25, -0.2) is 28.8 Å². The molecule has 0 N–H and O–H groups in total. The largest absolute Gasteiger partial charge is 0.324 e. The van der Waals surface area contributed by atoms with Crippen molar-refractivity contribution in [1.29, 1.82) is 0 Å². The summed E-state index contributed by atoms with van der Waals surface area (Å²) in [6.45, 7) is 4.61. The van der Waals surface area contributed by atoms with E-state index in [9.17, 15) is 4.39 Å². The fraction of sp³-hybridized carbons (Fsp3) is 0.316. The van der Waals surface area contributed by atoms with Crippen molar-refractivity contribution in [2.75, 3.05) is 0 Å². The van der Waals surface area contributed by atoms with Gasteiger partial charge in [0.2, 0.25) is 0 Å². The third kappa shape index (κ3) is 3.18. The van der Waals surface area contributed by atoms with Crippen LogP contribution < -0.4 is 0 Å². The molecule has 0 spiro atoms. The molecule has 4 rings (SSSR count). The highest BCUT2D eigenvalue weighted by molar-refractivity contribution is 5.52. The fourth-order valence-electron chi connectivity index (χ4n) is 3.14. The van der Waals surface area contributed by atoms with Crippen molar-refractivity contribution in [3.63, 3.8) is 0 Å². The average molecular weight is 365 g/mol. The van der Waals surface area contributed by atoms with Gasteiger partial charge in [0.05, 0.1) is 12.2 Å². The summed E-state index contributed by atoms with van der Waals surface area (Å²) in [4.78, 5) is 17.7. The number of hydrogen-bond donors (Lipinski definition) is 0. The van der Waals surface area contributed by atoms with Crippen LogP contribution in [0.4, 0.5) is 4.39 Å². The van der Waals surface area contributed by atoms with E-state index in [4.69, 9.17) is 0 Å². The normalized spacial score (nSPS) is 11.4. The Morgan fingerprint density at radius 1 is 1.11 bits per heavy atom. The standard InChI is InChI=1S/C19H20FN7/c1-3-6-13-15(23-12-27-18(13)24-16(4-2)25-27)11-26-10-9-22-19(26)17-14(20)7-5-8-21-17/h5,7-10,12H,3-4,6,11H2,1-2H3. The molecule has 4 heterocycles. The maximum absolute atomic E-state index is 14.2. The first kappa shape index (κ1) is 17.3. The smallest absolute Gasteiger partial charge is 0.162 e. The topological polar surface area (TPSA) is 73.8 Å². The van der Waals surface area contributed by atoms with Gasteiger partial charge in [0, 0.05) is 30.6 Å². The molecule has 0 radical (unpaired) electrons. The van der Waals surface area contributed by atoms with Gasteiger partial charge in [-0.2, -0.15) is 0 Å². The minimum Gasteiger partial charge on any atom is -0.324 e. The van der Waals surface area contributed by atoms with E-state index in [0.717, 1.165) is 42.0 Å². The van der Waals surface area contributed by atoms with E-state index in [-0.39, 0.29) is 5.69 Å². The van der Waals surface area contributed by atoms with Crippen molar-refractivity contribution in [3.8, 4) is 11.5 Å². The fourth-order valence-corrected chi connectivity index (χ4v) is 3.14. The number of hydrogen-bond acceptors (Lipinski definition) is 5. The second-order valence-electron chi connectivity index (χ2n) is 6.28. The zero-order chi connectivity index (χ0) is 18.8. The van der Waals surface area contributed by atoms with Crippen molar-refractivity contribution < 1.29 is 4.39 Å². The predicted octanol–water partition coefficient (Wildman–Crippen LogP) is 3.09. The highest BCUT2D eigenvalue weighted by Crippen LogP contribution is 2.21. The van der Waals surface area contributed by atoms with Crippen molar-refractivity contribution in [2.24, 2.45) is 0 Å². The van der Waals surface area contributed by atoms with E-state index < -0.39 is 5.82 Å². The zero-order valence-electron chi connectivity index (χ0n) is 15.3. The number of pyridine rings is 1. The van der Waals surface area contributed by atoms with Crippen molar-refractivity contribution >= 4 is 5.65 Å². The van der Waals surface area contributed by atoms with Gasteiger partial charge in [-0.05, 0) is 18.6 Å². The molecule has 0 saturated carbocycles. The monoisotopic (exact) mass is 365 g/mol. The Balaban J connectivity index is 1.78. The van der Waals surface area contributed by atoms with Crippen LogP contribution in [0.5, 0.6) is 0 Å². The van der Waals surface area contributed by atoms with Crippen molar-refractivity contribution in [2.45, 2.75) is 39.7 Å². The molecule has 0 bridgehead atoms. The summed E-state index contributed by atoms with van der Waals surface area (Å²) in [5, 5.41) is 4.45. The van der Waals surface area contributed by atoms with Gasteiger partial charge in [-0.1, -0.05) is 20.3 Å². The Bertz CT molecular complexity index is 1080. The molecule has 7 nitrogen and oxygen atoms in total. The Hall–Kier alpha value is -3.16. The first-order valence-corrected chi connectivity index (χ1v) is 9.05. The molecule has 4 aromatic rings. The van der Waals surface area contributed by atoms with Gasteiger partial charge < -0.3 is 4.57 Å². The maximum Gasteiger partial charge on any atom is 0.162 e. The number of fused-ring (bicyclic) bond motifs is 1. The highest BCUT2D eigenvalue weighted by Gasteiger charge is 2.17. The molecule has 0 amide bonds. The van der Waals surface area contributed by atoms with Gasteiger partial charge >= 0.3 is 0 Å². The minimum atomic E-state index is -0.396. The van der Waals surface area contributed by atoms with Crippen molar-refractivity contribution in [3.05, 3.63) is 59.9 Å². The number of halogens is 1. The molecule has 4 aromatic heterocycles. The minimum absolute atomic E-state index is 0.233. The van der Waals surface area contributed by atoms with Gasteiger partial charge in [-0.3, -0.25) is 0 Å². The first-order chi connectivity index (χ1) is 13.2. The number of rotatable bonds is 6. The molecule has 0 unspecified atom stereocenters. The summed E-state index contributed by atoms with van der Waals surface area (Å²) in [7, 11) is 0. The van der Waals surface area contributed by atoms with Crippen LogP contribution >= 0.6 is 0 Å². The van der Waals surface area contributed by atoms with E-state index in [0.29, 0.717) is 12.4 Å². The Morgan fingerprint density at radius 2 is 2.00 bits per heavy atom. The zero-order valence-corrected chi connectivity index (χ0v) is 15.3. The molecular formula is C19H20FN7. The van der Waals surface area contributed by atoms with Crippen LogP contribution in [0.25, 0.3) is 17.2 Å². The van der Waals surface area contributed by atoms with Crippen LogP contribution in [0, 0.1) is 5.82 Å². The Morgan fingerprint density at radius 3 is 2.78 bits per heavy atom. The lowest BCUT2D eigenvalue weighted by Gasteiger charge is -2.12. The third-order valence-electron chi connectivity index (χ3n) is 4.44. The van der Waals surface area contributed by atoms with Gasteiger partial charge in [0.1, 0.15) is 12.0 Å². The number of aryl methyl sites for hydroxylation is 2. The van der Waals surface area contributed by atoms with Crippen LogP contribution in [0.15, 0.2) is 37.1 Å². The Labute approximate surface area is 156 Å². The SMILES string of the molecule is CCCc1c(Cn2ccnc2-c2ncccc2F)ncn2nc(CC)nc12. The van der Waals surface area contributed by atoms with Gasteiger partial charge in [0.15, 0.2) is 23.1 Å². The summed E-state index contributed by atoms with van der Waals surface area (Å²) in [6.07, 6.45) is 9.29. The number of nitrogens with zero attached hydrogens (tertiary/aromatic N) is 7. The van der Waals surface area contributed by atoms with Gasteiger partial charge in [-0.15, -0.1) is 5.10 Å². The molecular weight excluding hydrogens is 345 g/mol. The maximum atomic E-state index is 14.2. The second kappa shape index (κ2) is 7.22. The summed E-state index contributed by atoms with van der Waals surface area (Å²) in [5.41, 5.74) is 3.02. The predicted molar refractivity (Wildman–Crippen MR) is 98.7 cm³/mol. The van der Waals surface area contributed by atoms with E-state index in [2.05, 4.69) is 32.0 Å². The lowest BCUT2D eigenvalue weighted by Crippen LogP contribution is -2.10. The quantitative estimate of drug-likeness (QED) is 0.525. The van der Waals surface area contributed by atoms with E-state index in [1.54, 1.807) is 29.3 Å². The highest BCUT2D eigenvalue weighted by atomic mass is 19.1. The molecule has 8 heteroatoms. The van der Waals surface area contributed by atoms with Crippen molar-refractivity contribution in [1.82, 2.24) is 34.1 Å². The number of aromatic nitrogens is 7. The lowest BCUT2D eigenvalue weighted by atomic mass is 10.1. The average Bonchev–Trinajstić information content (AvgIpc) is 3.31. The van der Waals surface area contributed by atoms with E-state index in [1.165, 1.54) is 6.07 Å². The molecule has 0 aliphatic carbocycles. The summed E-state index contributed by atoms with van der Waals surface area (Å²) in [5.74, 6) is 0.880. The molecule has 0 fully saturated rings. The van der Waals surface area contributed by atoms with Crippen LogP contribution in [-0.2, 0) is 19.4 Å². The first-order valence-electron chi connectivity index (χ1n) is 9.05. The van der Waals surface area contributed by atoms with E-state index >= 15 is 0 Å². The van der Waals surface area contributed by atoms with Crippen LogP contribution in [0.3, 0.4) is 0 Å². The summed E-state index contributed by atoms with van der Waals surface area (Å²) < 4.78 is 17.8. The molecule has 0 saturated heterocycles. The molecule has 27 heavy (non-hydrogen) atoms. The summed E-state index contributed by atoms with van der Waals surface area (Å²) >= 11 is 0. The van der Waals surface area contributed by atoms with Gasteiger partial charge in [0.25, 0.3) is 0 Å². The lowest BCUT2D eigenvalue weighted by molar-refractivity contribution is 0.621. The molecule has 138 valence electrons. The molecule has 0 aliphatic rings. The number of imidazole rings is 1. The second-order valence-corrected chi connectivity index (χ2v) is 6.28. The van der Waals surface area contributed by atoms with Crippen LogP contribution in [0.2, 0.25) is 0 Å². The van der Waals surface area contributed by atoms with E-state index in [1.807, 2.05) is 17.7 Å². The van der Waals surface area contributed by atoms with Crippen LogP contribution in [-0.4, -0.2) is 34.1 Å². The molecule has 0 aromatic carbocycles. The molecule has 0 atom stereocenters. The Kier molecular flexibility index (Phi) is 4.62. The molecule has 0 aliphatic heterocycles. The summed E-state index contributed by atoms with van der Waals surface area (Å²) in [6, 6.07) is 2.95.